The second-order valence-electron chi connectivity index (χ2n) is 17.2. The molecule has 282 valence electrons. The molecule has 0 radical (unpaired) electrons. The highest BCUT2D eigenvalue weighted by atomic mass is 15.1. The predicted molar refractivity (Wildman–Crippen MR) is 249 cm³/mol. The quantitative estimate of drug-likeness (QED) is 0.173. The van der Waals surface area contributed by atoms with E-state index >= 15 is 0 Å². The zero-order valence-electron chi connectivity index (χ0n) is 33.5. The Hall–Kier alpha value is -7.42. The summed E-state index contributed by atoms with van der Waals surface area (Å²) in [6, 6.07) is 77.3. The molecule has 9 aromatic carbocycles. The summed E-state index contributed by atoms with van der Waals surface area (Å²) < 4.78 is 2.43. The average Bonchev–Trinajstić information content (AvgIpc) is 3.97. The summed E-state index contributed by atoms with van der Waals surface area (Å²) in [5, 5.41) is 2.49. The Balaban J connectivity index is 1.10. The fraction of sp³-hybridized carbons (Fsp3) is 0.0690. The Kier molecular flexibility index (Phi) is 6.74. The van der Waals surface area contributed by atoms with E-state index in [1.807, 2.05) is 0 Å². The van der Waals surface area contributed by atoms with Crippen LogP contribution in [-0.4, -0.2) is 4.57 Å². The van der Waals surface area contributed by atoms with Gasteiger partial charge < -0.3 is 9.47 Å². The molecular weight excluding hydrogens is 725 g/mol. The molecule has 60 heavy (non-hydrogen) atoms. The summed E-state index contributed by atoms with van der Waals surface area (Å²) in [5.41, 5.74) is 22.4. The van der Waals surface area contributed by atoms with Gasteiger partial charge >= 0.3 is 0 Å². The maximum absolute atomic E-state index is 2.51. The van der Waals surface area contributed by atoms with Crippen LogP contribution in [0.1, 0.15) is 47.2 Å². The number of para-hydroxylation sites is 2. The van der Waals surface area contributed by atoms with Gasteiger partial charge in [0.2, 0.25) is 0 Å². The van der Waals surface area contributed by atoms with E-state index in [2.05, 4.69) is 230 Å². The molecule has 13 rings (SSSR count). The molecule has 10 aromatic rings. The minimum atomic E-state index is -0.439. The van der Waals surface area contributed by atoms with E-state index in [-0.39, 0.29) is 5.41 Å². The van der Waals surface area contributed by atoms with E-state index in [1.165, 1.54) is 88.6 Å². The van der Waals surface area contributed by atoms with Gasteiger partial charge in [0.25, 0.3) is 0 Å². The van der Waals surface area contributed by atoms with Crippen molar-refractivity contribution in [1.29, 1.82) is 0 Å². The van der Waals surface area contributed by atoms with Crippen LogP contribution in [0.25, 0.3) is 60.9 Å². The van der Waals surface area contributed by atoms with Gasteiger partial charge in [-0.05, 0) is 121 Å². The van der Waals surface area contributed by atoms with E-state index in [0.717, 1.165) is 22.7 Å². The van der Waals surface area contributed by atoms with Crippen molar-refractivity contribution in [2.45, 2.75) is 24.7 Å². The minimum absolute atomic E-state index is 0.0835. The van der Waals surface area contributed by atoms with Crippen molar-refractivity contribution >= 4 is 38.9 Å². The van der Waals surface area contributed by atoms with Crippen molar-refractivity contribution < 1.29 is 0 Å². The van der Waals surface area contributed by atoms with Gasteiger partial charge in [0.05, 0.1) is 16.4 Å². The molecule has 0 bridgehead atoms. The molecule has 0 aliphatic heterocycles. The molecule has 3 aliphatic rings. The molecule has 2 heteroatoms. The van der Waals surface area contributed by atoms with Gasteiger partial charge in [0.1, 0.15) is 0 Å². The van der Waals surface area contributed by atoms with Crippen molar-refractivity contribution in [3.05, 3.63) is 240 Å². The van der Waals surface area contributed by atoms with Crippen molar-refractivity contribution in [2.75, 3.05) is 4.90 Å². The second-order valence-corrected chi connectivity index (χ2v) is 17.2. The molecule has 0 unspecified atom stereocenters. The Morgan fingerprint density at radius 3 is 1.48 bits per heavy atom. The number of benzene rings is 9. The molecular formula is C58H40N2. The molecule has 0 atom stereocenters. The summed E-state index contributed by atoms with van der Waals surface area (Å²) >= 11 is 0. The number of hydrogen-bond acceptors (Lipinski definition) is 1. The fourth-order valence-corrected chi connectivity index (χ4v) is 11.5. The van der Waals surface area contributed by atoms with Crippen molar-refractivity contribution in [1.82, 2.24) is 4.57 Å². The summed E-state index contributed by atoms with van der Waals surface area (Å²) in [6.45, 7) is 4.72. The third-order valence-corrected chi connectivity index (χ3v) is 14.0. The highest BCUT2D eigenvalue weighted by Gasteiger charge is 2.51. The van der Waals surface area contributed by atoms with E-state index in [4.69, 9.17) is 0 Å². The van der Waals surface area contributed by atoms with Crippen LogP contribution in [0.5, 0.6) is 0 Å². The highest BCUT2D eigenvalue weighted by molar-refractivity contribution is 6.10. The first-order valence-electron chi connectivity index (χ1n) is 21.1. The molecule has 0 saturated carbocycles. The lowest BCUT2D eigenvalue weighted by Crippen LogP contribution is -2.26. The molecule has 2 nitrogen and oxygen atoms in total. The van der Waals surface area contributed by atoms with Crippen LogP contribution in [0.3, 0.4) is 0 Å². The zero-order chi connectivity index (χ0) is 39.7. The van der Waals surface area contributed by atoms with E-state index in [9.17, 15) is 0 Å². The number of nitrogens with zero attached hydrogens (tertiary/aromatic N) is 2. The number of fused-ring (bicyclic) bond motifs is 16. The Labute approximate surface area is 350 Å². The minimum Gasteiger partial charge on any atom is -0.310 e. The standard InChI is InChI=1S/C58H40N2/c1-57(2)49-23-11-6-21-44(49)48-34-38(30-33-50(48)57)59(40-29-32-47-46-22-10-15-27-55(46)60(56(47)36-40)37-16-4-3-5-17-37)39-28-31-45-43-20-9-14-26-53(43)58(54(45)35-39)51-24-12-7-18-41(51)42-19-8-13-25-52(42)58/h3-36H,1-2H3. The fourth-order valence-electron chi connectivity index (χ4n) is 11.5. The molecule has 3 aliphatic carbocycles. The number of hydrogen-bond donors (Lipinski definition) is 0. The lowest BCUT2D eigenvalue weighted by atomic mass is 9.70. The monoisotopic (exact) mass is 764 g/mol. The maximum Gasteiger partial charge on any atom is 0.0726 e. The molecule has 0 fully saturated rings. The highest BCUT2D eigenvalue weighted by Crippen LogP contribution is 2.63. The topological polar surface area (TPSA) is 8.17 Å². The van der Waals surface area contributed by atoms with Crippen LogP contribution >= 0.6 is 0 Å². The molecule has 1 spiro atoms. The van der Waals surface area contributed by atoms with Gasteiger partial charge in [-0.3, -0.25) is 0 Å². The van der Waals surface area contributed by atoms with Gasteiger partial charge in [-0.25, -0.2) is 0 Å². The van der Waals surface area contributed by atoms with Crippen LogP contribution < -0.4 is 4.90 Å². The van der Waals surface area contributed by atoms with Crippen LogP contribution in [0.2, 0.25) is 0 Å². The van der Waals surface area contributed by atoms with Crippen molar-refractivity contribution in [3.63, 3.8) is 0 Å². The third-order valence-electron chi connectivity index (χ3n) is 14.0. The summed E-state index contributed by atoms with van der Waals surface area (Å²) in [4.78, 5) is 2.50. The lowest BCUT2D eigenvalue weighted by molar-refractivity contribution is 0.660. The molecule has 0 saturated heterocycles. The van der Waals surface area contributed by atoms with E-state index in [0.29, 0.717) is 0 Å². The van der Waals surface area contributed by atoms with Crippen molar-refractivity contribution in [3.8, 4) is 39.1 Å². The Morgan fingerprint density at radius 2 is 0.800 bits per heavy atom. The predicted octanol–water partition coefficient (Wildman–Crippen LogP) is 14.9. The summed E-state index contributed by atoms with van der Waals surface area (Å²) in [6.07, 6.45) is 0. The Morgan fingerprint density at radius 1 is 0.333 bits per heavy atom. The number of anilines is 3. The average molecular weight is 765 g/mol. The zero-order valence-corrected chi connectivity index (χ0v) is 33.5. The van der Waals surface area contributed by atoms with Crippen LogP contribution in [0, 0.1) is 0 Å². The first-order chi connectivity index (χ1) is 29.5. The van der Waals surface area contributed by atoms with Crippen LogP contribution in [0.4, 0.5) is 17.1 Å². The van der Waals surface area contributed by atoms with E-state index in [1.54, 1.807) is 0 Å². The Bertz CT molecular complexity index is 3360. The first-order valence-corrected chi connectivity index (χ1v) is 21.1. The van der Waals surface area contributed by atoms with Gasteiger partial charge in [-0.15, -0.1) is 0 Å². The van der Waals surface area contributed by atoms with Gasteiger partial charge in [0.15, 0.2) is 0 Å². The maximum atomic E-state index is 2.51. The SMILES string of the molecule is CC1(C)c2ccccc2-c2cc(N(c3ccc4c(c3)C3(c5ccccc5-c5ccccc53)c3ccccc3-4)c3ccc4c5ccccc5n(-c5ccccc5)c4c3)ccc21. The van der Waals surface area contributed by atoms with Crippen LogP contribution in [-0.2, 0) is 10.8 Å². The molecule has 0 amide bonds. The summed E-state index contributed by atoms with van der Waals surface area (Å²) in [7, 11) is 0. The molecule has 0 N–H and O–H groups in total. The normalized spacial score (nSPS) is 14.4. The first kappa shape index (κ1) is 33.5. The number of rotatable bonds is 4. The van der Waals surface area contributed by atoms with Gasteiger partial charge in [0, 0.05) is 38.9 Å². The largest absolute Gasteiger partial charge is 0.310 e. The lowest BCUT2D eigenvalue weighted by Gasteiger charge is -2.32. The molecule has 1 aromatic heterocycles. The molecule has 1 heterocycles. The van der Waals surface area contributed by atoms with Gasteiger partial charge in [-0.1, -0.05) is 166 Å². The number of aromatic nitrogens is 1. The van der Waals surface area contributed by atoms with E-state index < -0.39 is 5.41 Å². The third kappa shape index (κ3) is 4.27. The second kappa shape index (κ2) is 12.1. The van der Waals surface area contributed by atoms with Crippen molar-refractivity contribution in [2.24, 2.45) is 0 Å². The smallest absolute Gasteiger partial charge is 0.0726 e. The van der Waals surface area contributed by atoms with Crippen LogP contribution in [0.15, 0.2) is 206 Å². The van der Waals surface area contributed by atoms with Gasteiger partial charge in [-0.2, -0.15) is 0 Å². The summed E-state index contributed by atoms with van der Waals surface area (Å²) in [5.74, 6) is 0.